The maximum absolute atomic E-state index is 11.8. The monoisotopic (exact) mass is 253 g/mol. The molecule has 1 atom stereocenters. The van der Waals surface area contributed by atoms with Gasteiger partial charge in [-0.15, -0.1) is 11.3 Å². The summed E-state index contributed by atoms with van der Waals surface area (Å²) in [5.74, 6) is -0.226. The van der Waals surface area contributed by atoms with E-state index in [4.69, 9.17) is 4.74 Å². The van der Waals surface area contributed by atoms with Crippen molar-refractivity contribution in [3.63, 3.8) is 0 Å². The summed E-state index contributed by atoms with van der Waals surface area (Å²) in [4.78, 5) is 15.3. The van der Waals surface area contributed by atoms with Crippen LogP contribution in [0.25, 0.3) is 0 Å². The number of carbonyl (C=O) groups excluding carboxylic acids is 1. The van der Waals surface area contributed by atoms with E-state index in [1.54, 1.807) is 11.3 Å². The van der Waals surface area contributed by atoms with Crippen LogP contribution in [0.15, 0.2) is 17.5 Å². The van der Waals surface area contributed by atoms with Crippen LogP contribution in [0.1, 0.15) is 30.1 Å². The molecule has 1 saturated heterocycles. The van der Waals surface area contributed by atoms with Crippen molar-refractivity contribution in [1.82, 2.24) is 4.90 Å². The number of rotatable bonds is 4. The van der Waals surface area contributed by atoms with Crippen molar-refractivity contribution in [3.05, 3.63) is 22.4 Å². The molecule has 0 amide bonds. The number of thiophene rings is 1. The lowest BCUT2D eigenvalue weighted by molar-refractivity contribution is -0.142. The van der Waals surface area contributed by atoms with E-state index in [9.17, 15) is 4.79 Å². The molecule has 1 aromatic rings. The molecule has 0 spiro atoms. The van der Waals surface area contributed by atoms with Crippen LogP contribution in [0.2, 0.25) is 0 Å². The van der Waals surface area contributed by atoms with E-state index in [-0.39, 0.29) is 11.9 Å². The van der Waals surface area contributed by atoms with E-state index >= 15 is 0 Å². The van der Waals surface area contributed by atoms with Crippen molar-refractivity contribution in [3.8, 4) is 0 Å². The minimum Gasteiger partial charge on any atom is -0.468 e. The number of hydrogen-bond acceptors (Lipinski definition) is 4. The second-order valence-electron chi connectivity index (χ2n) is 4.45. The number of esters is 1. The Balaban J connectivity index is 2.02. The van der Waals surface area contributed by atoms with Crippen molar-refractivity contribution in [2.24, 2.45) is 0 Å². The van der Waals surface area contributed by atoms with Crippen LogP contribution in [-0.2, 0) is 9.53 Å². The second kappa shape index (κ2) is 6.17. The second-order valence-corrected chi connectivity index (χ2v) is 5.43. The van der Waals surface area contributed by atoms with Gasteiger partial charge in [-0.3, -0.25) is 4.79 Å². The molecule has 0 bridgehead atoms. The first-order valence-electron chi connectivity index (χ1n) is 6.15. The number of carbonyl (C=O) groups is 1. The zero-order chi connectivity index (χ0) is 12.1. The summed E-state index contributed by atoms with van der Waals surface area (Å²) in [5.41, 5.74) is 0. The van der Waals surface area contributed by atoms with Gasteiger partial charge in [0, 0.05) is 11.4 Å². The number of methoxy groups -OCH3 is 1. The quantitative estimate of drug-likeness (QED) is 0.772. The Morgan fingerprint density at radius 2 is 2.24 bits per heavy atom. The Labute approximate surface area is 106 Å². The van der Waals surface area contributed by atoms with E-state index in [0.717, 1.165) is 24.5 Å². The maximum atomic E-state index is 11.8. The van der Waals surface area contributed by atoms with Gasteiger partial charge in [-0.05, 0) is 37.4 Å². The molecule has 1 aliphatic rings. The third kappa shape index (κ3) is 3.30. The molecule has 94 valence electrons. The highest BCUT2D eigenvalue weighted by molar-refractivity contribution is 7.10. The summed E-state index contributed by atoms with van der Waals surface area (Å²) >= 11 is 1.64. The van der Waals surface area contributed by atoms with Crippen molar-refractivity contribution in [2.45, 2.75) is 25.2 Å². The first kappa shape index (κ1) is 12.6. The molecule has 2 heterocycles. The van der Waals surface area contributed by atoms with Gasteiger partial charge in [-0.1, -0.05) is 12.5 Å². The first-order chi connectivity index (χ1) is 8.31. The van der Waals surface area contributed by atoms with Crippen LogP contribution in [0.4, 0.5) is 0 Å². The zero-order valence-electron chi connectivity index (χ0n) is 10.2. The van der Waals surface area contributed by atoms with Gasteiger partial charge in [0.25, 0.3) is 0 Å². The molecule has 1 aromatic heterocycles. The minimum absolute atomic E-state index is 0.113. The fourth-order valence-electron chi connectivity index (χ4n) is 2.31. The smallest absolute Gasteiger partial charge is 0.315 e. The Kier molecular flexibility index (Phi) is 4.57. The molecule has 17 heavy (non-hydrogen) atoms. The van der Waals surface area contributed by atoms with Crippen LogP contribution in [-0.4, -0.2) is 37.6 Å². The van der Waals surface area contributed by atoms with Crippen LogP contribution in [0, 0.1) is 0 Å². The maximum Gasteiger partial charge on any atom is 0.315 e. The summed E-state index contributed by atoms with van der Waals surface area (Å²) in [6.45, 7) is 3.02. The summed E-state index contributed by atoms with van der Waals surface area (Å²) in [5, 5.41) is 2.02. The predicted molar refractivity (Wildman–Crippen MR) is 69.4 cm³/mol. The van der Waals surface area contributed by atoms with E-state index in [2.05, 4.69) is 4.90 Å². The molecular formula is C13H19NO2S. The molecule has 1 aliphatic heterocycles. The van der Waals surface area contributed by atoms with Crippen molar-refractivity contribution in [2.75, 3.05) is 26.7 Å². The summed E-state index contributed by atoms with van der Waals surface area (Å²) in [6.07, 6.45) is 3.81. The third-order valence-electron chi connectivity index (χ3n) is 3.26. The van der Waals surface area contributed by atoms with Gasteiger partial charge in [0.15, 0.2) is 0 Å². The lowest BCUT2D eigenvalue weighted by atomic mass is 10.0. The molecule has 4 heteroatoms. The lowest BCUT2D eigenvalue weighted by Crippen LogP contribution is -2.35. The number of likely N-dealkylation sites (tertiary alicyclic amines) is 1. The molecular weight excluding hydrogens is 234 g/mol. The Morgan fingerprint density at radius 1 is 1.47 bits per heavy atom. The largest absolute Gasteiger partial charge is 0.468 e. The van der Waals surface area contributed by atoms with Crippen LogP contribution < -0.4 is 0 Å². The molecule has 3 nitrogen and oxygen atoms in total. The highest BCUT2D eigenvalue weighted by Crippen LogP contribution is 2.24. The van der Waals surface area contributed by atoms with Crippen LogP contribution in [0.5, 0.6) is 0 Å². The van der Waals surface area contributed by atoms with Gasteiger partial charge in [-0.2, -0.15) is 0 Å². The molecule has 1 fully saturated rings. The van der Waals surface area contributed by atoms with Crippen LogP contribution >= 0.6 is 11.3 Å². The van der Waals surface area contributed by atoms with Crippen LogP contribution in [0.3, 0.4) is 0 Å². The van der Waals surface area contributed by atoms with Gasteiger partial charge in [0.1, 0.15) is 5.92 Å². The standard InChI is InChI=1S/C13H19NO2S/c1-16-13(15)11(12-6-5-9-17-12)10-14-7-3-2-4-8-14/h5-6,9,11H,2-4,7-8,10H2,1H3. The number of hydrogen-bond donors (Lipinski definition) is 0. The highest BCUT2D eigenvalue weighted by atomic mass is 32.1. The predicted octanol–water partition coefficient (Wildman–Crippen LogP) is 2.49. The fraction of sp³-hybridized carbons (Fsp3) is 0.615. The molecule has 0 aliphatic carbocycles. The Hall–Kier alpha value is -0.870. The molecule has 0 saturated carbocycles. The zero-order valence-corrected chi connectivity index (χ0v) is 11.0. The minimum atomic E-state index is -0.113. The molecule has 2 rings (SSSR count). The van der Waals surface area contributed by atoms with Gasteiger partial charge in [0.2, 0.25) is 0 Å². The van der Waals surface area contributed by atoms with Crippen molar-refractivity contribution >= 4 is 17.3 Å². The first-order valence-corrected chi connectivity index (χ1v) is 7.03. The number of nitrogens with zero attached hydrogens (tertiary/aromatic N) is 1. The lowest BCUT2D eigenvalue weighted by Gasteiger charge is -2.29. The SMILES string of the molecule is COC(=O)C(CN1CCCCC1)c1cccs1. The van der Waals surface area contributed by atoms with E-state index in [1.807, 2.05) is 17.5 Å². The topological polar surface area (TPSA) is 29.5 Å². The van der Waals surface area contributed by atoms with Gasteiger partial charge in [0.05, 0.1) is 7.11 Å². The Morgan fingerprint density at radius 3 is 2.82 bits per heavy atom. The van der Waals surface area contributed by atoms with Crippen molar-refractivity contribution < 1.29 is 9.53 Å². The van der Waals surface area contributed by atoms with Gasteiger partial charge in [-0.25, -0.2) is 0 Å². The summed E-state index contributed by atoms with van der Waals surface area (Å²) in [7, 11) is 1.47. The molecule has 0 radical (unpaired) electrons. The molecule has 0 N–H and O–H groups in total. The molecule has 1 unspecified atom stereocenters. The van der Waals surface area contributed by atoms with E-state index in [0.29, 0.717) is 0 Å². The molecule has 0 aromatic carbocycles. The van der Waals surface area contributed by atoms with E-state index in [1.165, 1.54) is 26.4 Å². The summed E-state index contributed by atoms with van der Waals surface area (Å²) in [6, 6.07) is 4.02. The highest BCUT2D eigenvalue weighted by Gasteiger charge is 2.25. The number of piperidine rings is 1. The normalized spacial score (nSPS) is 18.9. The summed E-state index contributed by atoms with van der Waals surface area (Å²) < 4.78 is 4.92. The fourth-order valence-corrected chi connectivity index (χ4v) is 3.12. The van der Waals surface area contributed by atoms with E-state index < -0.39 is 0 Å². The van der Waals surface area contributed by atoms with Gasteiger partial charge < -0.3 is 9.64 Å². The number of ether oxygens (including phenoxy) is 1. The Bertz CT molecular complexity index is 344. The average Bonchev–Trinajstić information content (AvgIpc) is 2.90. The third-order valence-corrected chi connectivity index (χ3v) is 4.25. The average molecular weight is 253 g/mol. The van der Waals surface area contributed by atoms with Crippen molar-refractivity contribution in [1.29, 1.82) is 0 Å². The van der Waals surface area contributed by atoms with Gasteiger partial charge >= 0.3 is 5.97 Å².